The fraction of sp³-hybridized carbons (Fsp3) is 0.588. The highest BCUT2D eigenvalue weighted by Crippen LogP contribution is 2.33. The van der Waals surface area contributed by atoms with Crippen LogP contribution in [0.15, 0.2) is 18.2 Å². The van der Waals surface area contributed by atoms with Gasteiger partial charge in [-0.2, -0.15) is 0 Å². The Bertz CT molecular complexity index is 547. The molecule has 2 unspecified atom stereocenters. The monoisotopic (exact) mass is 304 g/mol. The van der Waals surface area contributed by atoms with Crippen molar-refractivity contribution in [2.75, 3.05) is 26.3 Å². The van der Waals surface area contributed by atoms with Crippen LogP contribution in [0.4, 0.5) is 0 Å². The van der Waals surface area contributed by atoms with Crippen LogP contribution in [-0.4, -0.2) is 43.2 Å². The standard InChI is InChI=1S/C17H24N2O3/c1-12-11-19(13(2)20)7-6-15(12)18-10-14-4-3-5-16-17(14)22-9-8-21-16/h3-5,12,15,18H,6-11H2,1-2H3. The number of para-hydroxylation sites is 1. The van der Waals surface area contributed by atoms with Crippen LogP contribution in [0.3, 0.4) is 0 Å². The summed E-state index contributed by atoms with van der Waals surface area (Å²) < 4.78 is 11.4. The molecule has 0 aliphatic carbocycles. The Balaban J connectivity index is 1.60. The van der Waals surface area contributed by atoms with E-state index in [1.54, 1.807) is 6.92 Å². The van der Waals surface area contributed by atoms with E-state index >= 15 is 0 Å². The smallest absolute Gasteiger partial charge is 0.219 e. The maximum atomic E-state index is 11.5. The molecule has 1 amide bonds. The fourth-order valence-corrected chi connectivity index (χ4v) is 3.25. The maximum Gasteiger partial charge on any atom is 0.219 e. The molecule has 1 N–H and O–H groups in total. The zero-order valence-corrected chi connectivity index (χ0v) is 13.3. The van der Waals surface area contributed by atoms with Crippen LogP contribution in [0, 0.1) is 5.92 Å². The van der Waals surface area contributed by atoms with Crippen molar-refractivity contribution in [3.05, 3.63) is 23.8 Å². The van der Waals surface area contributed by atoms with Crippen molar-refractivity contribution in [2.45, 2.75) is 32.9 Å². The number of hydrogen-bond acceptors (Lipinski definition) is 4. The Morgan fingerprint density at radius 1 is 1.36 bits per heavy atom. The highest BCUT2D eigenvalue weighted by atomic mass is 16.6. The minimum atomic E-state index is 0.174. The number of rotatable bonds is 3. The van der Waals surface area contributed by atoms with Gasteiger partial charge in [0.1, 0.15) is 13.2 Å². The van der Waals surface area contributed by atoms with Crippen molar-refractivity contribution in [2.24, 2.45) is 5.92 Å². The van der Waals surface area contributed by atoms with Crippen LogP contribution in [0.25, 0.3) is 0 Å². The normalized spacial score (nSPS) is 24.2. The van der Waals surface area contributed by atoms with Gasteiger partial charge in [-0.25, -0.2) is 0 Å². The van der Waals surface area contributed by atoms with Crippen molar-refractivity contribution in [1.82, 2.24) is 10.2 Å². The van der Waals surface area contributed by atoms with Gasteiger partial charge in [0.15, 0.2) is 11.5 Å². The average Bonchev–Trinajstić information content (AvgIpc) is 2.53. The number of likely N-dealkylation sites (tertiary alicyclic amines) is 1. The molecule has 5 heteroatoms. The fourth-order valence-electron chi connectivity index (χ4n) is 3.25. The SMILES string of the molecule is CC(=O)N1CCC(NCc2cccc3c2OCCO3)C(C)C1. The van der Waals surface area contributed by atoms with Crippen molar-refractivity contribution >= 4 is 5.91 Å². The minimum absolute atomic E-state index is 0.174. The van der Waals surface area contributed by atoms with E-state index in [-0.39, 0.29) is 5.91 Å². The van der Waals surface area contributed by atoms with Crippen molar-refractivity contribution in [3.8, 4) is 11.5 Å². The number of carbonyl (C=O) groups excluding carboxylic acids is 1. The molecule has 1 aromatic rings. The summed E-state index contributed by atoms with van der Waals surface area (Å²) in [5.74, 6) is 2.34. The molecule has 3 rings (SSSR count). The predicted octanol–water partition coefficient (Wildman–Crippen LogP) is 1.80. The van der Waals surface area contributed by atoms with Crippen molar-refractivity contribution < 1.29 is 14.3 Å². The van der Waals surface area contributed by atoms with Gasteiger partial charge in [-0.3, -0.25) is 4.79 Å². The summed E-state index contributed by atoms with van der Waals surface area (Å²) in [4.78, 5) is 13.4. The molecule has 0 saturated carbocycles. The first-order chi connectivity index (χ1) is 10.6. The van der Waals surface area contributed by atoms with Gasteiger partial charge in [0.25, 0.3) is 0 Å². The molecule has 1 saturated heterocycles. The lowest BCUT2D eigenvalue weighted by molar-refractivity contribution is -0.130. The van der Waals surface area contributed by atoms with Gasteiger partial charge < -0.3 is 19.7 Å². The number of carbonyl (C=O) groups is 1. The molecule has 120 valence electrons. The Morgan fingerprint density at radius 3 is 2.95 bits per heavy atom. The molecule has 2 aliphatic rings. The highest BCUT2D eigenvalue weighted by Gasteiger charge is 2.27. The van der Waals surface area contributed by atoms with Crippen LogP contribution in [0.5, 0.6) is 11.5 Å². The third-order valence-electron chi connectivity index (χ3n) is 4.55. The molecule has 2 atom stereocenters. The summed E-state index contributed by atoms with van der Waals surface area (Å²) in [7, 11) is 0. The van der Waals surface area contributed by atoms with E-state index in [1.165, 1.54) is 0 Å². The first-order valence-electron chi connectivity index (χ1n) is 8.01. The van der Waals surface area contributed by atoms with Gasteiger partial charge in [0.2, 0.25) is 5.91 Å². The van der Waals surface area contributed by atoms with E-state index < -0.39 is 0 Å². The van der Waals surface area contributed by atoms with Gasteiger partial charge in [-0.05, 0) is 18.4 Å². The summed E-state index contributed by atoms with van der Waals surface area (Å²) >= 11 is 0. The summed E-state index contributed by atoms with van der Waals surface area (Å²) in [5.41, 5.74) is 1.14. The molecule has 22 heavy (non-hydrogen) atoms. The first kappa shape index (κ1) is 15.2. The van der Waals surface area contributed by atoms with Gasteiger partial charge >= 0.3 is 0 Å². The molecule has 0 spiro atoms. The van der Waals surface area contributed by atoms with E-state index in [0.29, 0.717) is 25.2 Å². The van der Waals surface area contributed by atoms with Crippen LogP contribution in [0.2, 0.25) is 0 Å². The van der Waals surface area contributed by atoms with E-state index in [0.717, 1.165) is 43.1 Å². The molecule has 1 aromatic carbocycles. The third-order valence-corrected chi connectivity index (χ3v) is 4.55. The predicted molar refractivity (Wildman–Crippen MR) is 84.1 cm³/mol. The molecule has 2 aliphatic heterocycles. The largest absolute Gasteiger partial charge is 0.486 e. The molecule has 2 heterocycles. The Hall–Kier alpha value is -1.75. The third kappa shape index (κ3) is 3.19. The second kappa shape index (κ2) is 6.57. The van der Waals surface area contributed by atoms with Gasteiger partial charge in [-0.15, -0.1) is 0 Å². The molecule has 5 nitrogen and oxygen atoms in total. The maximum absolute atomic E-state index is 11.5. The number of ether oxygens (including phenoxy) is 2. The van der Waals surface area contributed by atoms with E-state index in [9.17, 15) is 4.79 Å². The summed E-state index contributed by atoms with van der Waals surface area (Å²) in [6, 6.07) is 6.46. The molecular formula is C17H24N2O3. The zero-order chi connectivity index (χ0) is 15.5. The van der Waals surface area contributed by atoms with Crippen LogP contribution >= 0.6 is 0 Å². The van der Waals surface area contributed by atoms with Gasteiger partial charge in [0.05, 0.1) is 0 Å². The number of benzene rings is 1. The van der Waals surface area contributed by atoms with Crippen molar-refractivity contribution in [3.63, 3.8) is 0 Å². The molecule has 0 aromatic heterocycles. The summed E-state index contributed by atoms with van der Waals surface area (Å²) in [6.45, 7) is 7.51. The topological polar surface area (TPSA) is 50.8 Å². The lowest BCUT2D eigenvalue weighted by atomic mass is 9.93. The quantitative estimate of drug-likeness (QED) is 0.925. The zero-order valence-electron chi connectivity index (χ0n) is 13.3. The number of amides is 1. The van der Waals surface area contributed by atoms with Crippen LogP contribution < -0.4 is 14.8 Å². The molecule has 0 bridgehead atoms. The van der Waals surface area contributed by atoms with E-state index in [4.69, 9.17) is 9.47 Å². The Labute approximate surface area is 131 Å². The second-order valence-electron chi connectivity index (χ2n) is 6.16. The molecule has 1 fully saturated rings. The number of piperidine rings is 1. The average molecular weight is 304 g/mol. The number of fused-ring (bicyclic) bond motifs is 1. The van der Waals surface area contributed by atoms with Crippen LogP contribution in [0.1, 0.15) is 25.8 Å². The molecule has 0 radical (unpaired) electrons. The second-order valence-corrected chi connectivity index (χ2v) is 6.16. The van der Waals surface area contributed by atoms with Crippen molar-refractivity contribution in [1.29, 1.82) is 0 Å². The minimum Gasteiger partial charge on any atom is -0.486 e. The Kier molecular flexibility index (Phi) is 4.52. The summed E-state index contributed by atoms with van der Waals surface area (Å²) in [6.07, 6.45) is 0.993. The molecular weight excluding hydrogens is 280 g/mol. The highest BCUT2D eigenvalue weighted by molar-refractivity contribution is 5.73. The summed E-state index contributed by atoms with van der Waals surface area (Å²) in [5, 5.41) is 3.62. The van der Waals surface area contributed by atoms with E-state index in [2.05, 4.69) is 18.3 Å². The number of hydrogen-bond donors (Lipinski definition) is 1. The van der Waals surface area contributed by atoms with Gasteiger partial charge in [0, 0.05) is 38.2 Å². The van der Waals surface area contributed by atoms with Gasteiger partial charge in [-0.1, -0.05) is 19.1 Å². The number of nitrogens with one attached hydrogen (secondary N) is 1. The lowest BCUT2D eigenvalue weighted by Crippen LogP contribution is -2.49. The van der Waals surface area contributed by atoms with E-state index in [1.807, 2.05) is 17.0 Å². The number of nitrogens with zero attached hydrogens (tertiary/aromatic N) is 1. The van der Waals surface area contributed by atoms with Crippen LogP contribution in [-0.2, 0) is 11.3 Å². The first-order valence-corrected chi connectivity index (χ1v) is 8.01. The lowest BCUT2D eigenvalue weighted by Gasteiger charge is -2.37. The Morgan fingerprint density at radius 2 is 2.18 bits per heavy atom.